The summed E-state index contributed by atoms with van der Waals surface area (Å²) in [6.45, 7) is 6.07. The van der Waals surface area contributed by atoms with Crippen LogP contribution >= 0.6 is 11.6 Å². The number of carbonyl (C=O) groups excluding carboxylic acids is 1. The Balaban J connectivity index is 1.64. The number of benzene rings is 2. The van der Waals surface area contributed by atoms with Gasteiger partial charge in [0.05, 0.1) is 7.11 Å². The average Bonchev–Trinajstić information content (AvgIpc) is 3.02. The number of halogens is 1. The van der Waals surface area contributed by atoms with Crippen LogP contribution < -0.4 is 15.0 Å². The van der Waals surface area contributed by atoms with Gasteiger partial charge in [0.25, 0.3) is 0 Å². The van der Waals surface area contributed by atoms with Crippen LogP contribution in [0.25, 0.3) is 0 Å². The lowest BCUT2D eigenvalue weighted by molar-refractivity contribution is 0.173. The predicted molar refractivity (Wildman–Crippen MR) is 114 cm³/mol. The minimum atomic E-state index is -0.122. The van der Waals surface area contributed by atoms with E-state index in [1.165, 1.54) is 5.56 Å². The largest absolute Gasteiger partial charge is 0.497 e. The summed E-state index contributed by atoms with van der Waals surface area (Å²) in [6.07, 6.45) is 2.09. The number of nitrogens with one attached hydrogen (secondary N) is 1. The van der Waals surface area contributed by atoms with Crippen molar-refractivity contribution in [3.05, 3.63) is 53.1 Å². The van der Waals surface area contributed by atoms with Crippen molar-refractivity contribution in [2.45, 2.75) is 25.2 Å². The Morgan fingerprint density at radius 3 is 2.68 bits per heavy atom. The van der Waals surface area contributed by atoms with E-state index < -0.39 is 0 Å². The smallest absolute Gasteiger partial charge is 0.326 e. The number of carbonyl (C=O) groups is 1. The van der Waals surface area contributed by atoms with E-state index in [9.17, 15) is 4.79 Å². The molecule has 0 aromatic heterocycles. The first-order chi connectivity index (χ1) is 13.5. The lowest BCUT2D eigenvalue weighted by atomic mass is 9.74. The number of anilines is 2. The molecule has 1 fully saturated rings. The number of rotatable bonds is 3. The van der Waals surface area contributed by atoms with Crippen LogP contribution in [-0.2, 0) is 5.41 Å². The van der Waals surface area contributed by atoms with Crippen LogP contribution in [0, 0.1) is 0 Å². The van der Waals surface area contributed by atoms with Gasteiger partial charge >= 0.3 is 6.03 Å². The molecule has 1 N–H and O–H groups in total. The number of hydrogen-bond donors (Lipinski definition) is 1. The molecule has 2 aliphatic rings. The molecule has 2 amide bonds. The maximum Gasteiger partial charge on any atom is 0.326 e. The van der Waals surface area contributed by atoms with Gasteiger partial charge < -0.3 is 15.0 Å². The zero-order chi connectivity index (χ0) is 19.7. The van der Waals surface area contributed by atoms with Crippen LogP contribution in [0.2, 0.25) is 5.02 Å². The van der Waals surface area contributed by atoms with Crippen molar-refractivity contribution < 1.29 is 9.53 Å². The van der Waals surface area contributed by atoms with Crippen molar-refractivity contribution in [3.8, 4) is 5.75 Å². The van der Waals surface area contributed by atoms with E-state index in [0.29, 0.717) is 17.3 Å². The molecule has 0 atom stereocenters. The fourth-order valence-electron chi connectivity index (χ4n) is 4.44. The monoisotopic (exact) mass is 399 g/mol. The molecular formula is C22H26ClN3O2. The minimum absolute atomic E-state index is 0.0127. The molecule has 2 heterocycles. The van der Waals surface area contributed by atoms with Gasteiger partial charge in [-0.2, -0.15) is 0 Å². The molecule has 1 saturated heterocycles. The highest BCUT2D eigenvalue weighted by molar-refractivity contribution is 6.30. The molecule has 0 unspecified atom stereocenters. The van der Waals surface area contributed by atoms with Crippen LogP contribution in [0.3, 0.4) is 0 Å². The first-order valence-corrected chi connectivity index (χ1v) is 10.2. The Morgan fingerprint density at radius 2 is 2.00 bits per heavy atom. The number of methoxy groups -OCH3 is 1. The number of hydrogen-bond acceptors (Lipinski definition) is 3. The molecule has 0 saturated carbocycles. The number of likely N-dealkylation sites (tertiary alicyclic amines) is 1. The van der Waals surface area contributed by atoms with Crippen molar-refractivity contribution in [2.75, 3.05) is 43.5 Å². The molecule has 0 bridgehead atoms. The van der Waals surface area contributed by atoms with E-state index in [1.54, 1.807) is 19.2 Å². The van der Waals surface area contributed by atoms with Crippen LogP contribution in [0.15, 0.2) is 42.5 Å². The molecule has 148 valence electrons. The molecule has 2 aromatic carbocycles. The Morgan fingerprint density at radius 1 is 1.21 bits per heavy atom. The van der Waals surface area contributed by atoms with Crippen LogP contribution in [0.5, 0.6) is 5.75 Å². The molecule has 1 spiro atoms. The molecular weight excluding hydrogens is 374 g/mol. The normalized spacial score (nSPS) is 18.2. The number of ether oxygens (including phenoxy) is 1. The predicted octanol–water partition coefficient (Wildman–Crippen LogP) is 4.75. The molecule has 4 rings (SSSR count). The number of fused-ring (bicyclic) bond motifs is 2. The Kier molecular flexibility index (Phi) is 5.21. The van der Waals surface area contributed by atoms with Gasteiger partial charge in [0.2, 0.25) is 0 Å². The van der Waals surface area contributed by atoms with E-state index in [0.717, 1.165) is 43.9 Å². The standard InChI is InChI=1S/C22H26ClN3O2/c1-3-25-11-9-22(10-12-25)15-26(20-8-7-18(28-2)14-19(20)22)21(27)24-17-6-4-5-16(23)13-17/h4-8,13-14H,3,9-12,15H2,1-2H3,(H,24,27). The zero-order valence-corrected chi connectivity index (χ0v) is 17.1. The van der Waals surface area contributed by atoms with Gasteiger partial charge in [-0.15, -0.1) is 0 Å². The van der Waals surface area contributed by atoms with Gasteiger partial charge in [-0.3, -0.25) is 4.90 Å². The summed E-state index contributed by atoms with van der Waals surface area (Å²) >= 11 is 6.06. The molecule has 6 heteroatoms. The third-order valence-corrected chi connectivity index (χ3v) is 6.34. The molecule has 0 aliphatic carbocycles. The first kappa shape index (κ1) is 19.1. The Bertz CT molecular complexity index is 878. The summed E-state index contributed by atoms with van der Waals surface area (Å²) in [5, 5.41) is 3.60. The van der Waals surface area contributed by atoms with Crippen molar-refractivity contribution in [1.29, 1.82) is 0 Å². The quantitative estimate of drug-likeness (QED) is 0.809. The van der Waals surface area contributed by atoms with E-state index in [2.05, 4.69) is 23.2 Å². The molecule has 5 nitrogen and oxygen atoms in total. The lowest BCUT2D eigenvalue weighted by Crippen LogP contribution is -2.46. The van der Waals surface area contributed by atoms with E-state index in [-0.39, 0.29) is 11.4 Å². The molecule has 28 heavy (non-hydrogen) atoms. The summed E-state index contributed by atoms with van der Waals surface area (Å²) in [7, 11) is 1.69. The van der Waals surface area contributed by atoms with Crippen molar-refractivity contribution in [1.82, 2.24) is 4.90 Å². The van der Waals surface area contributed by atoms with Crippen molar-refractivity contribution in [3.63, 3.8) is 0 Å². The van der Waals surface area contributed by atoms with Crippen molar-refractivity contribution in [2.24, 2.45) is 0 Å². The number of urea groups is 1. The van der Waals surface area contributed by atoms with Gasteiger partial charge in [0.1, 0.15) is 5.75 Å². The fraction of sp³-hybridized carbons (Fsp3) is 0.409. The minimum Gasteiger partial charge on any atom is -0.497 e. The Labute approximate surface area is 171 Å². The molecule has 2 aliphatic heterocycles. The van der Waals surface area contributed by atoms with Gasteiger partial charge in [-0.05, 0) is 74.4 Å². The topological polar surface area (TPSA) is 44.8 Å². The SMILES string of the molecule is CCN1CCC2(CC1)CN(C(=O)Nc1cccc(Cl)c1)c1ccc(OC)cc12. The van der Waals surface area contributed by atoms with Crippen LogP contribution in [-0.4, -0.2) is 44.2 Å². The van der Waals surface area contributed by atoms with Gasteiger partial charge in [0.15, 0.2) is 0 Å². The Hall–Kier alpha value is -2.24. The second-order valence-corrected chi connectivity index (χ2v) is 8.06. The molecule has 0 radical (unpaired) electrons. The maximum absolute atomic E-state index is 13.1. The summed E-state index contributed by atoms with van der Waals surface area (Å²) in [5.41, 5.74) is 2.89. The fourth-order valence-corrected chi connectivity index (χ4v) is 4.63. The highest BCUT2D eigenvalue weighted by atomic mass is 35.5. The average molecular weight is 400 g/mol. The maximum atomic E-state index is 13.1. The highest BCUT2D eigenvalue weighted by Crippen LogP contribution is 2.48. The van der Waals surface area contributed by atoms with E-state index in [1.807, 2.05) is 29.2 Å². The zero-order valence-electron chi connectivity index (χ0n) is 16.4. The number of nitrogens with zero attached hydrogens (tertiary/aromatic N) is 2. The van der Waals surface area contributed by atoms with Gasteiger partial charge in [-0.1, -0.05) is 24.6 Å². The third kappa shape index (κ3) is 3.45. The van der Waals surface area contributed by atoms with Crippen molar-refractivity contribution >= 4 is 29.0 Å². The highest BCUT2D eigenvalue weighted by Gasteiger charge is 2.46. The lowest BCUT2D eigenvalue weighted by Gasteiger charge is -2.39. The van der Waals surface area contributed by atoms with Gasteiger partial charge in [-0.25, -0.2) is 4.79 Å². The second-order valence-electron chi connectivity index (χ2n) is 7.62. The summed E-state index contributed by atoms with van der Waals surface area (Å²) < 4.78 is 5.48. The number of piperidine rings is 1. The van der Waals surface area contributed by atoms with E-state index >= 15 is 0 Å². The van der Waals surface area contributed by atoms with Gasteiger partial charge in [0, 0.05) is 28.4 Å². The first-order valence-electron chi connectivity index (χ1n) is 9.79. The van der Waals surface area contributed by atoms with Crippen LogP contribution in [0.1, 0.15) is 25.3 Å². The summed E-state index contributed by atoms with van der Waals surface area (Å²) in [5.74, 6) is 0.841. The summed E-state index contributed by atoms with van der Waals surface area (Å²) in [4.78, 5) is 17.5. The second kappa shape index (κ2) is 7.64. The van der Waals surface area contributed by atoms with Crippen LogP contribution in [0.4, 0.5) is 16.2 Å². The summed E-state index contributed by atoms with van der Waals surface area (Å²) in [6, 6.07) is 13.2. The molecule has 2 aromatic rings. The number of amides is 2. The third-order valence-electron chi connectivity index (χ3n) is 6.11. The van der Waals surface area contributed by atoms with E-state index in [4.69, 9.17) is 16.3 Å².